The first kappa shape index (κ1) is 17.5. The summed E-state index contributed by atoms with van der Waals surface area (Å²) in [5.74, 6) is 0.231. The van der Waals surface area contributed by atoms with Gasteiger partial charge in [0.05, 0.1) is 16.1 Å². The van der Waals surface area contributed by atoms with Gasteiger partial charge in [-0.15, -0.1) is 11.3 Å². The Bertz CT molecular complexity index is 1080. The minimum absolute atomic E-state index is 0.189. The average Bonchev–Trinajstić information content (AvgIpc) is 3.27. The number of ketones is 1. The monoisotopic (exact) mass is 396 g/mol. The number of halogens is 1. The van der Waals surface area contributed by atoms with Gasteiger partial charge < -0.3 is 9.47 Å². The molecule has 1 aliphatic heterocycles. The fraction of sp³-hybridized carbons (Fsp3) is 0.0476. The molecule has 27 heavy (non-hydrogen) atoms. The van der Waals surface area contributed by atoms with Gasteiger partial charge in [0.25, 0.3) is 0 Å². The Morgan fingerprint density at radius 1 is 1.15 bits per heavy atom. The number of fused-ring (bicyclic) bond motifs is 1. The van der Waals surface area contributed by atoms with E-state index in [9.17, 15) is 9.59 Å². The number of thiophene rings is 1. The molecule has 2 aromatic carbocycles. The van der Waals surface area contributed by atoms with E-state index in [4.69, 9.17) is 21.1 Å². The largest absolute Gasteiger partial charge is 0.452 e. The van der Waals surface area contributed by atoms with E-state index in [2.05, 4.69) is 0 Å². The zero-order chi connectivity index (χ0) is 19.0. The number of carbonyl (C=O) groups is 2. The summed E-state index contributed by atoms with van der Waals surface area (Å²) in [6, 6.07) is 13.7. The molecule has 0 spiro atoms. The molecule has 0 amide bonds. The van der Waals surface area contributed by atoms with E-state index in [1.807, 2.05) is 17.5 Å². The van der Waals surface area contributed by atoms with Crippen LogP contribution in [0.5, 0.6) is 11.5 Å². The molecule has 6 heteroatoms. The van der Waals surface area contributed by atoms with E-state index in [0.717, 1.165) is 4.88 Å². The summed E-state index contributed by atoms with van der Waals surface area (Å²) in [4.78, 5) is 25.9. The van der Waals surface area contributed by atoms with Crippen molar-refractivity contribution < 1.29 is 19.1 Å². The first-order valence-corrected chi connectivity index (χ1v) is 9.38. The molecule has 134 valence electrons. The quantitative estimate of drug-likeness (QED) is 0.331. The number of esters is 1. The van der Waals surface area contributed by atoms with Crippen molar-refractivity contribution in [3.05, 3.63) is 86.3 Å². The van der Waals surface area contributed by atoms with Gasteiger partial charge in [0.2, 0.25) is 5.78 Å². The predicted molar refractivity (Wildman–Crippen MR) is 105 cm³/mol. The van der Waals surface area contributed by atoms with Crippen LogP contribution in [0.2, 0.25) is 5.02 Å². The van der Waals surface area contributed by atoms with Crippen molar-refractivity contribution in [3.63, 3.8) is 0 Å². The summed E-state index contributed by atoms with van der Waals surface area (Å²) < 4.78 is 11.3. The van der Waals surface area contributed by atoms with Crippen molar-refractivity contribution in [3.8, 4) is 11.5 Å². The SMILES string of the molecule is Cc1c(OC(=O)c2ccccc2Cl)ccc2c1O/C(=C\c1cccs1)C2=O. The lowest BCUT2D eigenvalue weighted by Gasteiger charge is -2.10. The molecule has 0 saturated heterocycles. The van der Waals surface area contributed by atoms with E-state index in [0.29, 0.717) is 27.6 Å². The molecule has 4 nitrogen and oxygen atoms in total. The lowest BCUT2D eigenvalue weighted by atomic mass is 10.1. The van der Waals surface area contributed by atoms with Crippen LogP contribution in [-0.2, 0) is 0 Å². The van der Waals surface area contributed by atoms with E-state index >= 15 is 0 Å². The second-order valence-corrected chi connectivity index (χ2v) is 7.28. The Labute approximate surface area is 164 Å². The molecular formula is C21H13ClO4S. The molecule has 0 fully saturated rings. The zero-order valence-electron chi connectivity index (χ0n) is 14.2. The first-order valence-electron chi connectivity index (χ1n) is 8.12. The van der Waals surface area contributed by atoms with E-state index in [1.165, 1.54) is 11.3 Å². The van der Waals surface area contributed by atoms with Gasteiger partial charge in [-0.05, 0) is 42.6 Å². The Hall–Kier alpha value is -2.89. The topological polar surface area (TPSA) is 52.6 Å². The van der Waals surface area contributed by atoms with Crippen molar-refractivity contribution in [2.24, 2.45) is 0 Å². The summed E-state index contributed by atoms with van der Waals surface area (Å²) >= 11 is 7.56. The molecule has 1 aromatic heterocycles. The van der Waals surface area contributed by atoms with E-state index in [1.54, 1.807) is 49.4 Å². The summed E-state index contributed by atoms with van der Waals surface area (Å²) in [5, 5.41) is 2.24. The molecule has 0 radical (unpaired) electrons. The molecule has 0 unspecified atom stereocenters. The maximum absolute atomic E-state index is 12.6. The molecule has 1 aliphatic rings. The summed E-state index contributed by atoms with van der Waals surface area (Å²) in [5.41, 5.74) is 1.30. The fourth-order valence-electron chi connectivity index (χ4n) is 2.76. The van der Waals surface area contributed by atoms with Gasteiger partial charge in [0, 0.05) is 16.5 Å². The molecule has 4 rings (SSSR count). The van der Waals surface area contributed by atoms with E-state index < -0.39 is 5.97 Å². The molecular weight excluding hydrogens is 384 g/mol. The maximum atomic E-state index is 12.6. The normalized spacial score (nSPS) is 14.1. The highest BCUT2D eigenvalue weighted by molar-refractivity contribution is 7.10. The Balaban J connectivity index is 1.64. The third-order valence-electron chi connectivity index (χ3n) is 4.15. The maximum Gasteiger partial charge on any atom is 0.345 e. The van der Waals surface area contributed by atoms with Crippen LogP contribution >= 0.6 is 22.9 Å². The highest BCUT2D eigenvalue weighted by Crippen LogP contribution is 2.39. The van der Waals surface area contributed by atoms with Gasteiger partial charge in [-0.25, -0.2) is 4.79 Å². The number of rotatable bonds is 3. The number of allylic oxidation sites excluding steroid dienone is 1. The minimum atomic E-state index is -0.567. The van der Waals surface area contributed by atoms with Crippen molar-refractivity contribution in [2.75, 3.05) is 0 Å². The second kappa shape index (κ2) is 7.02. The molecule has 3 aromatic rings. The van der Waals surface area contributed by atoms with Gasteiger partial charge >= 0.3 is 5.97 Å². The van der Waals surface area contributed by atoms with Crippen LogP contribution in [0.15, 0.2) is 59.7 Å². The van der Waals surface area contributed by atoms with Crippen LogP contribution in [0.1, 0.15) is 31.2 Å². The number of ether oxygens (including phenoxy) is 2. The van der Waals surface area contributed by atoms with Gasteiger partial charge in [-0.3, -0.25) is 4.79 Å². The molecule has 0 bridgehead atoms. The van der Waals surface area contributed by atoms with Gasteiger partial charge in [0.15, 0.2) is 5.76 Å². The Morgan fingerprint density at radius 3 is 2.70 bits per heavy atom. The van der Waals surface area contributed by atoms with Gasteiger partial charge in [-0.2, -0.15) is 0 Å². The van der Waals surface area contributed by atoms with Crippen LogP contribution in [-0.4, -0.2) is 11.8 Å². The highest BCUT2D eigenvalue weighted by Gasteiger charge is 2.30. The zero-order valence-corrected chi connectivity index (χ0v) is 15.8. The van der Waals surface area contributed by atoms with Crippen LogP contribution < -0.4 is 9.47 Å². The fourth-order valence-corrected chi connectivity index (χ4v) is 3.62. The smallest absolute Gasteiger partial charge is 0.345 e. The lowest BCUT2D eigenvalue weighted by molar-refractivity contribution is 0.0733. The van der Waals surface area contributed by atoms with Crippen molar-refractivity contribution in [2.45, 2.75) is 6.92 Å². The standard InChI is InChI=1S/C21H13ClO4S/c1-12-17(26-21(24)14-6-2-3-7-16(14)22)9-8-15-19(23)18(25-20(12)15)11-13-5-4-10-27-13/h2-11H,1H3/b18-11-. The van der Waals surface area contributed by atoms with Gasteiger partial charge in [-0.1, -0.05) is 29.8 Å². The van der Waals surface area contributed by atoms with Crippen molar-refractivity contribution in [1.82, 2.24) is 0 Å². The van der Waals surface area contributed by atoms with Gasteiger partial charge in [0.1, 0.15) is 11.5 Å². The molecule has 0 N–H and O–H groups in total. The summed E-state index contributed by atoms with van der Waals surface area (Å²) in [7, 11) is 0. The molecule has 0 saturated carbocycles. The second-order valence-electron chi connectivity index (χ2n) is 5.89. The number of hydrogen-bond donors (Lipinski definition) is 0. The Kier molecular flexibility index (Phi) is 4.56. The highest BCUT2D eigenvalue weighted by atomic mass is 35.5. The van der Waals surface area contributed by atoms with Crippen LogP contribution in [0.4, 0.5) is 0 Å². The first-order chi connectivity index (χ1) is 13.0. The molecule has 2 heterocycles. The lowest BCUT2D eigenvalue weighted by Crippen LogP contribution is -2.10. The van der Waals surface area contributed by atoms with Crippen LogP contribution in [0, 0.1) is 6.92 Å². The average molecular weight is 397 g/mol. The number of benzene rings is 2. The number of Topliss-reactive ketones (excluding diaryl/α,β-unsaturated/α-hetero) is 1. The van der Waals surface area contributed by atoms with E-state index in [-0.39, 0.29) is 17.1 Å². The van der Waals surface area contributed by atoms with Crippen molar-refractivity contribution in [1.29, 1.82) is 0 Å². The number of carbonyl (C=O) groups excluding carboxylic acids is 2. The molecule has 0 atom stereocenters. The predicted octanol–water partition coefficient (Wildman–Crippen LogP) is 5.55. The minimum Gasteiger partial charge on any atom is -0.452 e. The Morgan fingerprint density at radius 2 is 1.96 bits per heavy atom. The van der Waals surface area contributed by atoms with Crippen LogP contribution in [0.3, 0.4) is 0 Å². The van der Waals surface area contributed by atoms with Crippen molar-refractivity contribution >= 4 is 40.8 Å². The number of hydrogen-bond acceptors (Lipinski definition) is 5. The third-order valence-corrected chi connectivity index (χ3v) is 5.30. The summed E-state index contributed by atoms with van der Waals surface area (Å²) in [6.07, 6.45) is 1.71. The van der Waals surface area contributed by atoms with Crippen LogP contribution in [0.25, 0.3) is 6.08 Å². The summed E-state index contributed by atoms with van der Waals surface area (Å²) in [6.45, 7) is 1.75. The molecule has 0 aliphatic carbocycles. The third kappa shape index (κ3) is 3.27.